The van der Waals surface area contributed by atoms with Gasteiger partial charge in [0.2, 0.25) is 5.91 Å². The number of likely N-dealkylation sites (N-methyl/N-ethyl adjacent to an activating group) is 1. The summed E-state index contributed by atoms with van der Waals surface area (Å²) in [6, 6.07) is 7.94. The lowest BCUT2D eigenvalue weighted by molar-refractivity contribution is -0.136. The van der Waals surface area contributed by atoms with Crippen molar-refractivity contribution < 1.29 is 14.3 Å². The van der Waals surface area contributed by atoms with Crippen LogP contribution in [0.4, 0.5) is 4.79 Å². The van der Waals surface area contributed by atoms with Crippen molar-refractivity contribution in [1.82, 2.24) is 14.7 Å². The maximum Gasteiger partial charge on any atom is 0.410 e. The van der Waals surface area contributed by atoms with Gasteiger partial charge in [0.05, 0.1) is 0 Å². The topological polar surface area (TPSA) is 53.1 Å². The third-order valence-electron chi connectivity index (χ3n) is 4.75. The van der Waals surface area contributed by atoms with Gasteiger partial charge in [0, 0.05) is 26.2 Å². The maximum atomic E-state index is 13.1. The molecule has 1 aromatic carbocycles. The monoisotopic (exact) mass is 389 g/mol. The van der Waals surface area contributed by atoms with Crippen molar-refractivity contribution in [2.24, 2.45) is 0 Å². The van der Waals surface area contributed by atoms with Crippen molar-refractivity contribution in [3.63, 3.8) is 0 Å². The van der Waals surface area contributed by atoms with Crippen molar-refractivity contribution in [1.29, 1.82) is 0 Å². The molecular formula is C22H35N3O3. The number of hydrogen-bond donors (Lipinski definition) is 0. The van der Waals surface area contributed by atoms with Crippen molar-refractivity contribution in [3.05, 3.63) is 35.4 Å². The Morgan fingerprint density at radius 2 is 1.68 bits per heavy atom. The minimum atomic E-state index is -0.563. The molecule has 1 saturated heterocycles. The highest BCUT2D eigenvalue weighted by Crippen LogP contribution is 2.23. The molecule has 6 heteroatoms. The van der Waals surface area contributed by atoms with Crippen molar-refractivity contribution in [2.45, 2.75) is 65.3 Å². The van der Waals surface area contributed by atoms with Crippen LogP contribution in [0.5, 0.6) is 0 Å². The second-order valence-corrected chi connectivity index (χ2v) is 8.74. The van der Waals surface area contributed by atoms with Gasteiger partial charge < -0.3 is 14.5 Å². The molecule has 0 bridgehead atoms. The summed E-state index contributed by atoms with van der Waals surface area (Å²) in [7, 11) is 4.09. The highest BCUT2D eigenvalue weighted by Gasteiger charge is 2.38. The van der Waals surface area contributed by atoms with Gasteiger partial charge in [-0.1, -0.05) is 24.3 Å². The summed E-state index contributed by atoms with van der Waals surface area (Å²) in [5.41, 5.74) is 1.78. The summed E-state index contributed by atoms with van der Waals surface area (Å²) < 4.78 is 5.49. The van der Waals surface area contributed by atoms with Gasteiger partial charge in [0.1, 0.15) is 11.6 Å². The first-order valence-electron chi connectivity index (χ1n) is 10.1. The Labute approximate surface area is 169 Å². The highest BCUT2D eigenvalue weighted by atomic mass is 16.6. The number of carbonyl (C=O) groups excluding carboxylic acids is 2. The number of carbonyl (C=O) groups is 2. The molecule has 1 aromatic rings. The van der Waals surface area contributed by atoms with E-state index in [2.05, 4.69) is 29.2 Å². The van der Waals surface area contributed by atoms with Gasteiger partial charge >= 0.3 is 6.09 Å². The molecule has 156 valence electrons. The zero-order valence-electron chi connectivity index (χ0n) is 18.2. The molecule has 1 aliphatic rings. The van der Waals surface area contributed by atoms with E-state index < -0.39 is 17.7 Å². The Morgan fingerprint density at radius 3 is 2.18 bits per heavy atom. The summed E-state index contributed by atoms with van der Waals surface area (Å²) in [6.45, 7) is 10.1. The first-order valence-corrected chi connectivity index (χ1v) is 10.1. The second kappa shape index (κ2) is 9.41. The van der Waals surface area contributed by atoms with E-state index in [-0.39, 0.29) is 5.91 Å². The molecule has 1 atom stereocenters. The van der Waals surface area contributed by atoms with Crippen LogP contribution in [0.1, 0.15) is 51.7 Å². The van der Waals surface area contributed by atoms with Crippen LogP contribution in [0.2, 0.25) is 0 Å². The third kappa shape index (κ3) is 6.23. The number of likely N-dealkylation sites (tertiary alicyclic amines) is 1. The Kier molecular flexibility index (Phi) is 7.47. The highest BCUT2D eigenvalue weighted by molar-refractivity contribution is 5.86. The van der Waals surface area contributed by atoms with E-state index in [1.54, 1.807) is 4.90 Å². The van der Waals surface area contributed by atoms with Gasteiger partial charge in [-0.15, -0.1) is 0 Å². The van der Waals surface area contributed by atoms with E-state index in [4.69, 9.17) is 4.74 Å². The Hall–Kier alpha value is -2.08. The van der Waals surface area contributed by atoms with E-state index in [0.29, 0.717) is 26.1 Å². The lowest BCUT2D eigenvalue weighted by Gasteiger charge is -2.31. The van der Waals surface area contributed by atoms with Crippen molar-refractivity contribution in [3.8, 4) is 0 Å². The molecule has 0 unspecified atom stereocenters. The fourth-order valence-electron chi connectivity index (χ4n) is 3.45. The van der Waals surface area contributed by atoms with Gasteiger partial charge in [-0.2, -0.15) is 0 Å². The fourth-order valence-corrected chi connectivity index (χ4v) is 3.45. The quantitative estimate of drug-likeness (QED) is 0.747. The normalized spacial score (nSPS) is 17.1. The smallest absolute Gasteiger partial charge is 0.410 e. The molecule has 1 fully saturated rings. The Bertz CT molecular complexity index is 665. The summed E-state index contributed by atoms with van der Waals surface area (Å²) in [5, 5.41) is 0. The number of hydrogen-bond acceptors (Lipinski definition) is 4. The molecule has 0 aromatic heterocycles. The third-order valence-corrected chi connectivity index (χ3v) is 4.75. The lowest BCUT2D eigenvalue weighted by Crippen LogP contribution is -2.48. The molecule has 0 aliphatic carbocycles. The predicted octanol–water partition coefficient (Wildman–Crippen LogP) is 3.50. The van der Waals surface area contributed by atoms with Gasteiger partial charge in [0.25, 0.3) is 0 Å². The van der Waals surface area contributed by atoms with Crippen LogP contribution in [-0.2, 0) is 22.6 Å². The van der Waals surface area contributed by atoms with Gasteiger partial charge in [-0.25, -0.2) is 4.79 Å². The molecule has 1 heterocycles. The SMILES string of the molecule is CCN(Cc1ccc(CN(C)C)cc1)C(=O)[C@@H]1CCCN1C(=O)OC(C)(C)C. The van der Waals surface area contributed by atoms with Crippen molar-refractivity contribution >= 4 is 12.0 Å². The van der Waals surface area contributed by atoms with E-state index in [1.165, 1.54) is 5.56 Å². The van der Waals surface area contributed by atoms with Crippen molar-refractivity contribution in [2.75, 3.05) is 27.2 Å². The van der Waals surface area contributed by atoms with Crippen LogP contribution in [0.25, 0.3) is 0 Å². The summed E-state index contributed by atoms with van der Waals surface area (Å²) in [4.78, 5) is 31.2. The van der Waals surface area contributed by atoms with Crippen LogP contribution in [0.3, 0.4) is 0 Å². The van der Waals surface area contributed by atoms with Gasteiger partial charge in [0.15, 0.2) is 0 Å². The largest absolute Gasteiger partial charge is 0.444 e. The standard InChI is InChI=1S/C22H35N3O3/c1-7-24(16-18-12-10-17(11-13-18)15-23(5)6)20(26)19-9-8-14-25(19)21(27)28-22(2,3)4/h10-13,19H,7-9,14-16H2,1-6H3/t19-/m0/s1. The fraction of sp³-hybridized carbons (Fsp3) is 0.636. The summed E-state index contributed by atoms with van der Waals surface area (Å²) in [5.74, 6) is 0.00299. The zero-order valence-corrected chi connectivity index (χ0v) is 18.2. The maximum absolute atomic E-state index is 13.1. The first kappa shape index (κ1) is 22.2. The molecule has 2 rings (SSSR count). The number of benzene rings is 1. The summed E-state index contributed by atoms with van der Waals surface area (Å²) in [6.07, 6.45) is 1.12. The van der Waals surface area contributed by atoms with Crippen LogP contribution < -0.4 is 0 Å². The predicted molar refractivity (Wildman–Crippen MR) is 111 cm³/mol. The van der Waals surface area contributed by atoms with E-state index in [9.17, 15) is 9.59 Å². The molecule has 0 spiro atoms. The number of rotatable bonds is 6. The first-order chi connectivity index (χ1) is 13.1. The summed E-state index contributed by atoms with van der Waals surface area (Å²) >= 11 is 0. The second-order valence-electron chi connectivity index (χ2n) is 8.74. The van der Waals surface area contributed by atoms with Gasteiger partial charge in [-0.3, -0.25) is 9.69 Å². The molecule has 0 saturated carbocycles. The zero-order chi connectivity index (χ0) is 20.9. The number of amides is 2. The average Bonchev–Trinajstić information content (AvgIpc) is 3.08. The van der Waals surface area contributed by atoms with Crippen LogP contribution in [0, 0.1) is 0 Å². The Balaban J connectivity index is 2.04. The van der Waals surface area contributed by atoms with E-state index in [0.717, 1.165) is 18.5 Å². The molecule has 0 radical (unpaired) electrons. The molecule has 1 aliphatic heterocycles. The number of nitrogens with zero attached hydrogens (tertiary/aromatic N) is 3. The van der Waals surface area contributed by atoms with E-state index >= 15 is 0 Å². The van der Waals surface area contributed by atoms with Gasteiger partial charge in [-0.05, 0) is 65.8 Å². The van der Waals surface area contributed by atoms with Crippen LogP contribution >= 0.6 is 0 Å². The average molecular weight is 390 g/mol. The lowest BCUT2D eigenvalue weighted by atomic mass is 10.1. The molecule has 28 heavy (non-hydrogen) atoms. The minimum Gasteiger partial charge on any atom is -0.444 e. The molecular weight excluding hydrogens is 354 g/mol. The molecule has 0 N–H and O–H groups in total. The van der Waals surface area contributed by atoms with Crippen LogP contribution in [-0.4, -0.2) is 65.5 Å². The molecule has 2 amide bonds. The minimum absolute atomic E-state index is 0.00299. The Morgan fingerprint density at radius 1 is 1.11 bits per heavy atom. The van der Waals surface area contributed by atoms with Crippen LogP contribution in [0.15, 0.2) is 24.3 Å². The van der Waals surface area contributed by atoms with E-state index in [1.807, 2.05) is 46.7 Å². The number of ether oxygens (including phenoxy) is 1. The molecule has 6 nitrogen and oxygen atoms in total.